The van der Waals surface area contributed by atoms with Gasteiger partial charge in [-0.2, -0.15) is 0 Å². The van der Waals surface area contributed by atoms with Gasteiger partial charge in [-0.25, -0.2) is 4.79 Å². The number of halogens is 1. The van der Waals surface area contributed by atoms with Gasteiger partial charge in [0.2, 0.25) is 0 Å². The predicted molar refractivity (Wildman–Crippen MR) is 97.0 cm³/mol. The van der Waals surface area contributed by atoms with E-state index in [1.165, 1.54) is 0 Å². The third kappa shape index (κ3) is 4.19. The van der Waals surface area contributed by atoms with Gasteiger partial charge in [0, 0.05) is 30.4 Å². The van der Waals surface area contributed by atoms with Gasteiger partial charge in [-0.15, -0.1) is 12.4 Å². The summed E-state index contributed by atoms with van der Waals surface area (Å²) in [6.07, 6.45) is 1.86. The molecule has 6 nitrogen and oxygen atoms in total. The number of carbonyl (C=O) groups excluding carboxylic acids is 2. The van der Waals surface area contributed by atoms with Crippen LogP contribution in [0, 0.1) is 5.92 Å². The minimum Gasteiger partial charge on any atom is -0.349 e. The minimum atomic E-state index is -0.0965. The molecule has 132 valence electrons. The van der Waals surface area contributed by atoms with Crippen LogP contribution in [-0.4, -0.2) is 44.2 Å². The predicted octanol–water partition coefficient (Wildman–Crippen LogP) is 1.76. The molecule has 7 heteroatoms. The van der Waals surface area contributed by atoms with Crippen molar-refractivity contribution in [2.75, 3.05) is 31.1 Å². The smallest absolute Gasteiger partial charge is 0.321 e. The van der Waals surface area contributed by atoms with E-state index < -0.39 is 0 Å². The number of hydrogen-bond acceptors (Lipinski definition) is 3. The molecule has 0 aliphatic carbocycles. The fourth-order valence-electron chi connectivity index (χ4n) is 3.17. The summed E-state index contributed by atoms with van der Waals surface area (Å²) < 4.78 is 0. The van der Waals surface area contributed by atoms with Crippen LogP contribution >= 0.6 is 12.4 Å². The number of amides is 3. The molecule has 1 aromatic carbocycles. The van der Waals surface area contributed by atoms with E-state index in [9.17, 15) is 9.59 Å². The molecule has 2 aliphatic rings. The van der Waals surface area contributed by atoms with Gasteiger partial charge in [-0.05, 0) is 50.0 Å². The van der Waals surface area contributed by atoms with E-state index in [2.05, 4.69) is 22.9 Å². The van der Waals surface area contributed by atoms with Crippen molar-refractivity contribution in [2.24, 2.45) is 5.92 Å². The summed E-state index contributed by atoms with van der Waals surface area (Å²) >= 11 is 0. The van der Waals surface area contributed by atoms with E-state index in [0.717, 1.165) is 31.6 Å². The SMILES string of the molecule is CC1CNCCC1NC(=O)c1cccc(N2CCCNC2=O)c1.Cl. The zero-order chi connectivity index (χ0) is 16.2. The quantitative estimate of drug-likeness (QED) is 0.776. The Balaban J connectivity index is 0.00000208. The first kappa shape index (κ1) is 18.5. The van der Waals surface area contributed by atoms with Crippen LogP contribution in [0.4, 0.5) is 10.5 Å². The standard InChI is InChI=1S/C17H24N4O2.ClH/c1-12-11-18-8-6-15(12)20-16(22)13-4-2-5-14(10-13)21-9-3-7-19-17(21)23;/h2,4-5,10,12,15,18H,3,6-9,11H2,1H3,(H,19,23)(H,20,22);1H. The topological polar surface area (TPSA) is 73.5 Å². The van der Waals surface area contributed by atoms with Crippen LogP contribution in [0.15, 0.2) is 24.3 Å². The maximum atomic E-state index is 12.5. The average molecular weight is 353 g/mol. The van der Waals surface area contributed by atoms with Crippen LogP contribution in [0.25, 0.3) is 0 Å². The van der Waals surface area contributed by atoms with Crippen LogP contribution in [0.5, 0.6) is 0 Å². The molecule has 3 rings (SSSR count). The Morgan fingerprint density at radius 3 is 2.92 bits per heavy atom. The number of anilines is 1. The highest BCUT2D eigenvalue weighted by Crippen LogP contribution is 2.19. The number of piperidine rings is 1. The van der Waals surface area contributed by atoms with Crippen LogP contribution in [-0.2, 0) is 0 Å². The molecule has 24 heavy (non-hydrogen) atoms. The Labute approximate surface area is 148 Å². The van der Waals surface area contributed by atoms with Crippen molar-refractivity contribution in [1.82, 2.24) is 16.0 Å². The fraction of sp³-hybridized carbons (Fsp3) is 0.529. The lowest BCUT2D eigenvalue weighted by atomic mass is 9.95. The third-order valence-electron chi connectivity index (χ3n) is 4.60. The highest BCUT2D eigenvalue weighted by Gasteiger charge is 2.24. The number of urea groups is 1. The van der Waals surface area contributed by atoms with E-state index >= 15 is 0 Å². The normalized spacial score (nSPS) is 23.9. The Bertz CT molecular complexity index is 596. The summed E-state index contributed by atoms with van der Waals surface area (Å²) in [5.74, 6) is 0.353. The second kappa shape index (κ2) is 8.35. The molecule has 3 N–H and O–H groups in total. The van der Waals surface area contributed by atoms with Crippen molar-refractivity contribution in [2.45, 2.75) is 25.8 Å². The average Bonchev–Trinajstić information content (AvgIpc) is 2.57. The van der Waals surface area contributed by atoms with Crippen molar-refractivity contribution in [3.05, 3.63) is 29.8 Å². The Hall–Kier alpha value is -1.79. The zero-order valence-corrected chi connectivity index (χ0v) is 14.7. The second-order valence-electron chi connectivity index (χ2n) is 6.34. The Morgan fingerprint density at radius 1 is 1.33 bits per heavy atom. The first-order valence-electron chi connectivity index (χ1n) is 8.32. The number of carbonyl (C=O) groups is 2. The van der Waals surface area contributed by atoms with Gasteiger partial charge in [-0.3, -0.25) is 9.69 Å². The molecule has 0 bridgehead atoms. The summed E-state index contributed by atoms with van der Waals surface area (Å²) in [7, 11) is 0. The van der Waals surface area contributed by atoms with Crippen molar-refractivity contribution in [1.29, 1.82) is 0 Å². The number of hydrogen-bond donors (Lipinski definition) is 3. The second-order valence-corrected chi connectivity index (χ2v) is 6.34. The van der Waals surface area contributed by atoms with Gasteiger partial charge in [0.25, 0.3) is 5.91 Å². The Kier molecular flexibility index (Phi) is 6.45. The van der Waals surface area contributed by atoms with Gasteiger partial charge < -0.3 is 16.0 Å². The molecule has 2 atom stereocenters. The number of rotatable bonds is 3. The molecule has 2 aliphatic heterocycles. The lowest BCUT2D eigenvalue weighted by Gasteiger charge is -2.30. The first-order valence-corrected chi connectivity index (χ1v) is 8.32. The van der Waals surface area contributed by atoms with Crippen LogP contribution in [0.2, 0.25) is 0 Å². The Morgan fingerprint density at radius 2 is 2.17 bits per heavy atom. The molecule has 1 aromatic rings. The molecule has 0 saturated carbocycles. The van der Waals surface area contributed by atoms with Crippen LogP contribution < -0.4 is 20.9 Å². The molecular formula is C17H25ClN4O2. The summed E-state index contributed by atoms with van der Waals surface area (Å²) in [6.45, 7) is 5.40. The zero-order valence-electron chi connectivity index (χ0n) is 13.9. The summed E-state index contributed by atoms with van der Waals surface area (Å²) in [4.78, 5) is 26.2. The molecule has 2 fully saturated rings. The molecule has 0 radical (unpaired) electrons. The highest BCUT2D eigenvalue weighted by molar-refractivity contribution is 5.98. The van der Waals surface area contributed by atoms with Gasteiger partial charge in [-0.1, -0.05) is 13.0 Å². The summed E-state index contributed by atoms with van der Waals surface area (Å²) in [6, 6.07) is 7.40. The molecule has 2 heterocycles. The maximum Gasteiger partial charge on any atom is 0.321 e. The monoisotopic (exact) mass is 352 g/mol. The van der Waals surface area contributed by atoms with Crippen molar-refractivity contribution in [3.63, 3.8) is 0 Å². The summed E-state index contributed by atoms with van der Waals surface area (Å²) in [5.41, 5.74) is 1.37. The lowest BCUT2D eigenvalue weighted by Crippen LogP contribution is -2.48. The van der Waals surface area contributed by atoms with Gasteiger partial charge in [0.15, 0.2) is 0 Å². The molecule has 0 aromatic heterocycles. The van der Waals surface area contributed by atoms with Crippen molar-refractivity contribution in [3.8, 4) is 0 Å². The highest BCUT2D eigenvalue weighted by atomic mass is 35.5. The van der Waals surface area contributed by atoms with E-state index in [-0.39, 0.29) is 30.4 Å². The summed E-state index contributed by atoms with van der Waals surface area (Å²) in [5, 5.41) is 9.29. The molecular weight excluding hydrogens is 328 g/mol. The van der Waals surface area contributed by atoms with Gasteiger partial charge in [0.1, 0.15) is 0 Å². The van der Waals surface area contributed by atoms with Crippen LogP contribution in [0.1, 0.15) is 30.1 Å². The van der Waals surface area contributed by atoms with Crippen molar-refractivity contribution < 1.29 is 9.59 Å². The lowest BCUT2D eigenvalue weighted by molar-refractivity contribution is 0.0914. The molecule has 0 spiro atoms. The number of nitrogens with zero attached hydrogens (tertiary/aromatic N) is 1. The molecule has 3 amide bonds. The molecule has 2 unspecified atom stereocenters. The molecule has 2 saturated heterocycles. The van der Waals surface area contributed by atoms with E-state index in [4.69, 9.17) is 0 Å². The van der Waals surface area contributed by atoms with E-state index in [1.54, 1.807) is 17.0 Å². The van der Waals surface area contributed by atoms with Crippen molar-refractivity contribution >= 4 is 30.0 Å². The number of nitrogens with one attached hydrogen (secondary N) is 3. The maximum absolute atomic E-state index is 12.5. The largest absolute Gasteiger partial charge is 0.349 e. The first-order chi connectivity index (χ1) is 11.1. The number of benzene rings is 1. The van der Waals surface area contributed by atoms with E-state index in [0.29, 0.717) is 24.6 Å². The van der Waals surface area contributed by atoms with E-state index in [1.807, 2.05) is 12.1 Å². The fourth-order valence-corrected chi connectivity index (χ4v) is 3.17. The third-order valence-corrected chi connectivity index (χ3v) is 4.60. The minimum absolute atomic E-state index is 0. The van der Waals surface area contributed by atoms with Gasteiger partial charge >= 0.3 is 6.03 Å². The van der Waals surface area contributed by atoms with Gasteiger partial charge in [0.05, 0.1) is 0 Å². The van der Waals surface area contributed by atoms with Crippen LogP contribution in [0.3, 0.4) is 0 Å².